The van der Waals surface area contributed by atoms with Crippen molar-refractivity contribution in [3.05, 3.63) is 30.9 Å². The van der Waals surface area contributed by atoms with Gasteiger partial charge in [0.1, 0.15) is 0 Å². The van der Waals surface area contributed by atoms with Crippen molar-refractivity contribution < 1.29 is 4.79 Å². The Hall–Kier alpha value is -1.58. The van der Waals surface area contributed by atoms with E-state index in [9.17, 15) is 4.79 Å². The fraction of sp³-hybridized carbons (Fsp3) is 0.538. The molecule has 0 spiro atoms. The maximum Gasteiger partial charge on any atom is 0.220 e. The summed E-state index contributed by atoms with van der Waals surface area (Å²) in [5, 5.41) is 3.02. The molecule has 1 heterocycles. The van der Waals surface area contributed by atoms with Gasteiger partial charge in [-0.05, 0) is 25.7 Å². The third-order valence-corrected chi connectivity index (χ3v) is 3.01. The first-order chi connectivity index (χ1) is 8.24. The quantitative estimate of drug-likeness (QED) is 0.787. The zero-order valence-electron chi connectivity index (χ0n) is 10.2. The molecule has 1 aromatic heterocycles. The van der Waals surface area contributed by atoms with Crippen LogP contribution >= 0.6 is 0 Å². The second kappa shape index (κ2) is 5.66. The van der Waals surface area contributed by atoms with Gasteiger partial charge in [-0.1, -0.05) is 12.2 Å². The number of nitrogens with zero attached hydrogens (tertiary/aromatic N) is 2. The Kier molecular flexibility index (Phi) is 3.96. The number of allylic oxidation sites excluding steroid dienone is 2. The molecule has 92 valence electrons. The van der Waals surface area contributed by atoms with Gasteiger partial charge in [0.05, 0.1) is 6.33 Å². The highest BCUT2D eigenvalue weighted by molar-refractivity contribution is 5.76. The summed E-state index contributed by atoms with van der Waals surface area (Å²) in [5.74, 6) is 0.588. The maximum atomic E-state index is 11.8. The van der Waals surface area contributed by atoms with Gasteiger partial charge >= 0.3 is 0 Å². The van der Waals surface area contributed by atoms with Gasteiger partial charge in [0, 0.05) is 31.4 Å². The lowest BCUT2D eigenvalue weighted by Crippen LogP contribution is -2.36. The van der Waals surface area contributed by atoms with Crippen molar-refractivity contribution in [3.8, 4) is 0 Å². The van der Waals surface area contributed by atoms with Crippen LogP contribution in [0.2, 0.25) is 0 Å². The van der Waals surface area contributed by atoms with E-state index in [0.29, 0.717) is 12.3 Å². The van der Waals surface area contributed by atoms with Gasteiger partial charge in [0.2, 0.25) is 5.91 Å². The first-order valence-corrected chi connectivity index (χ1v) is 6.16. The molecule has 1 aliphatic rings. The minimum Gasteiger partial charge on any atom is -0.352 e. The largest absolute Gasteiger partial charge is 0.352 e. The number of hydrogen-bond donors (Lipinski definition) is 1. The summed E-state index contributed by atoms with van der Waals surface area (Å²) in [6.07, 6.45) is 12.6. The van der Waals surface area contributed by atoms with E-state index >= 15 is 0 Å². The molecule has 2 atom stereocenters. The second-order valence-corrected chi connectivity index (χ2v) is 4.70. The average Bonchev–Trinajstić information content (AvgIpc) is 2.90. The van der Waals surface area contributed by atoms with Crippen molar-refractivity contribution in [2.45, 2.75) is 38.8 Å². The predicted molar refractivity (Wildman–Crippen MR) is 66.3 cm³/mol. The molecule has 0 radical (unpaired) electrons. The third-order valence-electron chi connectivity index (χ3n) is 3.01. The van der Waals surface area contributed by atoms with Gasteiger partial charge in [-0.25, -0.2) is 4.98 Å². The van der Waals surface area contributed by atoms with Crippen molar-refractivity contribution in [2.24, 2.45) is 5.92 Å². The molecular formula is C13H19N3O. The minimum absolute atomic E-state index is 0.141. The van der Waals surface area contributed by atoms with Crippen LogP contribution in [0.5, 0.6) is 0 Å². The smallest absolute Gasteiger partial charge is 0.220 e. The van der Waals surface area contributed by atoms with Crippen LogP contribution in [0.25, 0.3) is 0 Å². The second-order valence-electron chi connectivity index (χ2n) is 4.70. The van der Waals surface area contributed by atoms with E-state index in [1.54, 1.807) is 12.5 Å². The number of nitrogens with one attached hydrogen (secondary N) is 1. The van der Waals surface area contributed by atoms with E-state index in [-0.39, 0.29) is 11.9 Å². The number of hydrogen-bond acceptors (Lipinski definition) is 2. The Bertz CT molecular complexity index is 383. The van der Waals surface area contributed by atoms with Gasteiger partial charge in [-0.15, -0.1) is 0 Å². The lowest BCUT2D eigenvalue weighted by molar-refractivity contribution is -0.122. The van der Waals surface area contributed by atoms with Crippen LogP contribution in [0.15, 0.2) is 30.9 Å². The van der Waals surface area contributed by atoms with E-state index in [2.05, 4.69) is 22.5 Å². The van der Waals surface area contributed by atoms with Crippen LogP contribution in [0.1, 0.15) is 26.2 Å². The van der Waals surface area contributed by atoms with Crippen molar-refractivity contribution in [1.82, 2.24) is 14.9 Å². The third kappa shape index (κ3) is 3.73. The molecule has 4 nitrogen and oxygen atoms in total. The molecule has 0 saturated heterocycles. The molecule has 1 amide bonds. The van der Waals surface area contributed by atoms with Crippen molar-refractivity contribution in [3.63, 3.8) is 0 Å². The fourth-order valence-corrected chi connectivity index (χ4v) is 2.19. The van der Waals surface area contributed by atoms with Crippen LogP contribution in [0, 0.1) is 5.92 Å². The Morgan fingerprint density at radius 1 is 1.65 bits per heavy atom. The minimum atomic E-state index is 0.141. The molecule has 1 aliphatic carbocycles. The lowest BCUT2D eigenvalue weighted by atomic mass is 10.0. The summed E-state index contributed by atoms with van der Waals surface area (Å²) in [6.45, 7) is 2.79. The molecule has 1 aromatic rings. The van der Waals surface area contributed by atoms with Crippen LogP contribution in [0.4, 0.5) is 0 Å². The SMILES string of the molecule is CC(Cn1ccnc1)NC(=O)CC1C=CCC1. The molecule has 2 rings (SSSR count). The summed E-state index contributed by atoms with van der Waals surface area (Å²) in [5.41, 5.74) is 0. The molecule has 0 fully saturated rings. The van der Waals surface area contributed by atoms with Crippen molar-refractivity contribution in [1.29, 1.82) is 0 Å². The zero-order valence-corrected chi connectivity index (χ0v) is 10.2. The monoisotopic (exact) mass is 233 g/mol. The molecule has 0 aliphatic heterocycles. The van der Waals surface area contributed by atoms with E-state index in [1.165, 1.54) is 0 Å². The number of imidazole rings is 1. The lowest BCUT2D eigenvalue weighted by Gasteiger charge is -2.15. The standard InChI is InChI=1S/C13H19N3O/c1-11(9-16-7-6-14-10-16)15-13(17)8-12-4-2-3-5-12/h2,4,6-7,10-12H,3,5,8-9H2,1H3,(H,15,17). The van der Waals surface area contributed by atoms with E-state index < -0.39 is 0 Å². The molecule has 0 saturated carbocycles. The number of rotatable bonds is 5. The Morgan fingerprint density at radius 2 is 2.53 bits per heavy atom. The van der Waals surface area contributed by atoms with Crippen LogP contribution in [-0.4, -0.2) is 21.5 Å². The van der Waals surface area contributed by atoms with E-state index in [0.717, 1.165) is 19.4 Å². The first-order valence-electron chi connectivity index (χ1n) is 6.16. The number of carbonyl (C=O) groups is 1. The number of carbonyl (C=O) groups excluding carboxylic acids is 1. The normalized spacial score (nSPS) is 20.4. The summed E-state index contributed by atoms with van der Waals surface area (Å²) >= 11 is 0. The van der Waals surface area contributed by atoms with Crippen LogP contribution < -0.4 is 5.32 Å². The molecule has 0 aromatic carbocycles. The zero-order chi connectivity index (χ0) is 12.1. The summed E-state index contributed by atoms with van der Waals surface area (Å²) < 4.78 is 1.97. The molecule has 2 unspecified atom stereocenters. The first kappa shape index (κ1) is 11.9. The van der Waals surface area contributed by atoms with Gasteiger partial charge in [0.15, 0.2) is 0 Å². The summed E-state index contributed by atoms with van der Waals surface area (Å²) in [7, 11) is 0. The van der Waals surface area contributed by atoms with Crippen molar-refractivity contribution in [2.75, 3.05) is 0 Å². The van der Waals surface area contributed by atoms with Crippen molar-refractivity contribution >= 4 is 5.91 Å². The highest BCUT2D eigenvalue weighted by Crippen LogP contribution is 2.19. The highest BCUT2D eigenvalue weighted by Gasteiger charge is 2.15. The molecule has 4 heteroatoms. The van der Waals surface area contributed by atoms with E-state index in [1.807, 2.05) is 17.7 Å². The van der Waals surface area contributed by atoms with Gasteiger partial charge in [-0.3, -0.25) is 4.79 Å². The molecular weight excluding hydrogens is 214 g/mol. The predicted octanol–water partition coefficient (Wildman–Crippen LogP) is 1.74. The Morgan fingerprint density at radius 3 is 3.18 bits per heavy atom. The Labute approximate surface area is 102 Å². The average molecular weight is 233 g/mol. The van der Waals surface area contributed by atoms with Gasteiger partial charge in [-0.2, -0.15) is 0 Å². The number of aromatic nitrogens is 2. The topological polar surface area (TPSA) is 46.9 Å². The highest BCUT2D eigenvalue weighted by atomic mass is 16.1. The molecule has 17 heavy (non-hydrogen) atoms. The maximum absolute atomic E-state index is 11.8. The van der Waals surface area contributed by atoms with E-state index in [4.69, 9.17) is 0 Å². The number of amides is 1. The fourth-order valence-electron chi connectivity index (χ4n) is 2.19. The summed E-state index contributed by atoms with van der Waals surface area (Å²) in [6, 6.07) is 0.141. The Balaban J connectivity index is 1.72. The molecule has 1 N–H and O–H groups in total. The van der Waals surface area contributed by atoms with Crippen LogP contribution in [0.3, 0.4) is 0 Å². The van der Waals surface area contributed by atoms with Gasteiger partial charge in [0.25, 0.3) is 0 Å². The summed E-state index contributed by atoms with van der Waals surface area (Å²) in [4.78, 5) is 15.7. The van der Waals surface area contributed by atoms with Gasteiger partial charge < -0.3 is 9.88 Å². The molecule has 0 bridgehead atoms. The van der Waals surface area contributed by atoms with Crippen LogP contribution in [-0.2, 0) is 11.3 Å².